The molecule has 2 aromatic heterocycles. The van der Waals surface area contributed by atoms with Crippen LogP contribution in [-0.2, 0) is 0 Å². The van der Waals surface area contributed by atoms with Gasteiger partial charge in [-0.25, -0.2) is 9.78 Å². The molecule has 5 heteroatoms. The van der Waals surface area contributed by atoms with Gasteiger partial charge in [0.05, 0.1) is 17.0 Å². The van der Waals surface area contributed by atoms with E-state index in [1.54, 1.807) is 6.07 Å². The van der Waals surface area contributed by atoms with Crippen molar-refractivity contribution in [3.63, 3.8) is 0 Å². The summed E-state index contributed by atoms with van der Waals surface area (Å²) in [6.07, 6.45) is 1.50. The smallest absolute Gasteiger partial charge is 0.335 e. The molecule has 2 aromatic rings. The molecule has 17 heavy (non-hydrogen) atoms. The number of carboxylic acid groups (broad SMARTS) is 1. The minimum Gasteiger partial charge on any atom is -0.478 e. The van der Waals surface area contributed by atoms with E-state index in [4.69, 9.17) is 5.11 Å². The van der Waals surface area contributed by atoms with Crippen LogP contribution in [0.5, 0.6) is 0 Å². The molecule has 0 radical (unpaired) electrons. The Morgan fingerprint density at radius 3 is 2.82 bits per heavy atom. The summed E-state index contributed by atoms with van der Waals surface area (Å²) in [5.74, 6) is -0.586. The van der Waals surface area contributed by atoms with Gasteiger partial charge in [-0.15, -0.1) is 11.3 Å². The summed E-state index contributed by atoms with van der Waals surface area (Å²) in [7, 11) is 0. The van der Waals surface area contributed by atoms with E-state index in [1.165, 1.54) is 23.6 Å². The van der Waals surface area contributed by atoms with Crippen molar-refractivity contribution in [2.24, 2.45) is 0 Å². The van der Waals surface area contributed by atoms with Gasteiger partial charge < -0.3 is 5.11 Å². The molecule has 0 aliphatic heterocycles. The van der Waals surface area contributed by atoms with Gasteiger partial charge in [-0.1, -0.05) is 13.8 Å². The Labute approximate surface area is 103 Å². The van der Waals surface area contributed by atoms with E-state index >= 15 is 0 Å². The number of carboxylic acids is 1. The quantitative estimate of drug-likeness (QED) is 0.906. The Balaban J connectivity index is 2.38. The lowest BCUT2D eigenvalue weighted by atomic mass is 10.2. The highest BCUT2D eigenvalue weighted by atomic mass is 32.1. The molecule has 2 heterocycles. The van der Waals surface area contributed by atoms with E-state index in [9.17, 15) is 4.79 Å². The first-order chi connectivity index (χ1) is 8.08. The molecule has 0 aliphatic rings. The molecular weight excluding hydrogens is 236 g/mol. The van der Waals surface area contributed by atoms with Crippen molar-refractivity contribution in [3.05, 3.63) is 35.0 Å². The fraction of sp³-hybridized carbons (Fsp3) is 0.250. The summed E-state index contributed by atoms with van der Waals surface area (Å²) in [6.45, 7) is 4.14. The second-order valence-corrected chi connectivity index (χ2v) is 4.83. The lowest BCUT2D eigenvalue weighted by molar-refractivity contribution is 0.0697. The minimum atomic E-state index is -0.950. The van der Waals surface area contributed by atoms with Crippen LogP contribution >= 0.6 is 11.3 Å². The standard InChI is InChI=1S/C12H12N2O2S/c1-7(2)10-6-17-11(14-10)9-5-8(12(15)16)3-4-13-9/h3-7H,1-2H3,(H,15,16). The fourth-order valence-electron chi connectivity index (χ4n) is 1.35. The summed E-state index contributed by atoms with van der Waals surface area (Å²) >= 11 is 1.48. The van der Waals surface area contributed by atoms with Crippen molar-refractivity contribution in [1.29, 1.82) is 0 Å². The number of hydrogen-bond donors (Lipinski definition) is 1. The van der Waals surface area contributed by atoms with E-state index in [-0.39, 0.29) is 5.56 Å². The maximum Gasteiger partial charge on any atom is 0.335 e. The van der Waals surface area contributed by atoms with Crippen molar-refractivity contribution in [1.82, 2.24) is 9.97 Å². The Hall–Kier alpha value is -1.75. The van der Waals surface area contributed by atoms with Crippen LogP contribution in [0.15, 0.2) is 23.7 Å². The third-order valence-corrected chi connectivity index (χ3v) is 3.22. The maximum atomic E-state index is 10.9. The number of nitrogens with zero attached hydrogens (tertiary/aromatic N) is 2. The molecule has 2 rings (SSSR count). The van der Waals surface area contributed by atoms with E-state index in [1.807, 2.05) is 5.38 Å². The van der Waals surface area contributed by atoms with Gasteiger partial charge in [-0.3, -0.25) is 4.98 Å². The molecular formula is C12H12N2O2S. The summed E-state index contributed by atoms with van der Waals surface area (Å²) in [5, 5.41) is 11.6. The van der Waals surface area contributed by atoms with Crippen molar-refractivity contribution >= 4 is 17.3 Å². The van der Waals surface area contributed by atoms with E-state index < -0.39 is 5.97 Å². The number of rotatable bonds is 3. The number of hydrogen-bond acceptors (Lipinski definition) is 4. The number of aromatic nitrogens is 2. The van der Waals surface area contributed by atoms with Crippen molar-refractivity contribution < 1.29 is 9.90 Å². The number of pyridine rings is 1. The Morgan fingerprint density at radius 1 is 1.47 bits per heavy atom. The van der Waals surface area contributed by atoms with Crippen LogP contribution < -0.4 is 0 Å². The van der Waals surface area contributed by atoms with E-state index in [2.05, 4.69) is 23.8 Å². The average Bonchev–Trinajstić information content (AvgIpc) is 2.78. The first-order valence-corrected chi connectivity index (χ1v) is 6.11. The number of carbonyl (C=O) groups is 1. The lowest BCUT2D eigenvalue weighted by Crippen LogP contribution is -1.97. The van der Waals surface area contributed by atoms with Crippen molar-refractivity contribution in [2.75, 3.05) is 0 Å². The van der Waals surface area contributed by atoms with Crippen LogP contribution in [0, 0.1) is 0 Å². The van der Waals surface area contributed by atoms with Crippen LogP contribution in [0.25, 0.3) is 10.7 Å². The van der Waals surface area contributed by atoms with Crippen LogP contribution in [0.4, 0.5) is 0 Å². The highest BCUT2D eigenvalue weighted by Crippen LogP contribution is 2.25. The molecule has 0 fully saturated rings. The normalized spacial score (nSPS) is 10.8. The third-order valence-electron chi connectivity index (χ3n) is 2.34. The Bertz CT molecular complexity index is 549. The molecule has 88 valence electrons. The van der Waals surface area contributed by atoms with E-state index in [0.717, 1.165) is 10.7 Å². The van der Waals surface area contributed by atoms with Gasteiger partial charge >= 0.3 is 5.97 Å². The average molecular weight is 248 g/mol. The summed E-state index contributed by atoms with van der Waals surface area (Å²) in [4.78, 5) is 19.4. The minimum absolute atomic E-state index is 0.233. The number of aromatic carboxylic acids is 1. The Morgan fingerprint density at radius 2 is 2.24 bits per heavy atom. The monoisotopic (exact) mass is 248 g/mol. The van der Waals surface area contributed by atoms with Gasteiger partial charge in [-0.2, -0.15) is 0 Å². The molecule has 4 nitrogen and oxygen atoms in total. The largest absolute Gasteiger partial charge is 0.478 e. The highest BCUT2D eigenvalue weighted by molar-refractivity contribution is 7.13. The van der Waals surface area contributed by atoms with Gasteiger partial charge in [0.25, 0.3) is 0 Å². The molecule has 0 amide bonds. The van der Waals surface area contributed by atoms with Crippen LogP contribution in [0.3, 0.4) is 0 Å². The third kappa shape index (κ3) is 2.50. The zero-order chi connectivity index (χ0) is 12.4. The Kier molecular flexibility index (Phi) is 3.19. The van der Waals surface area contributed by atoms with Gasteiger partial charge in [0.2, 0.25) is 0 Å². The zero-order valence-corrected chi connectivity index (χ0v) is 10.4. The molecule has 1 N–H and O–H groups in total. The van der Waals surface area contributed by atoms with Gasteiger partial charge in [-0.05, 0) is 18.1 Å². The summed E-state index contributed by atoms with van der Waals surface area (Å²) in [5.41, 5.74) is 1.85. The van der Waals surface area contributed by atoms with Crippen molar-refractivity contribution in [2.45, 2.75) is 19.8 Å². The van der Waals surface area contributed by atoms with Crippen LogP contribution in [0.2, 0.25) is 0 Å². The molecule has 0 saturated heterocycles. The highest BCUT2D eigenvalue weighted by Gasteiger charge is 2.10. The molecule has 0 bridgehead atoms. The van der Waals surface area contributed by atoms with Gasteiger partial charge in [0.1, 0.15) is 5.01 Å². The van der Waals surface area contributed by atoms with E-state index in [0.29, 0.717) is 11.6 Å². The SMILES string of the molecule is CC(C)c1csc(-c2cc(C(=O)O)ccn2)n1. The second-order valence-electron chi connectivity index (χ2n) is 3.97. The van der Waals surface area contributed by atoms with Gasteiger partial charge in [0.15, 0.2) is 0 Å². The predicted molar refractivity (Wildman–Crippen MR) is 66.4 cm³/mol. The lowest BCUT2D eigenvalue weighted by Gasteiger charge is -1.99. The molecule has 0 aromatic carbocycles. The van der Waals surface area contributed by atoms with Crippen LogP contribution in [0.1, 0.15) is 35.8 Å². The first kappa shape index (κ1) is 11.7. The zero-order valence-electron chi connectivity index (χ0n) is 9.54. The maximum absolute atomic E-state index is 10.9. The van der Waals surface area contributed by atoms with Crippen LogP contribution in [-0.4, -0.2) is 21.0 Å². The molecule has 0 atom stereocenters. The van der Waals surface area contributed by atoms with Crippen molar-refractivity contribution in [3.8, 4) is 10.7 Å². The first-order valence-electron chi connectivity index (χ1n) is 5.23. The second kappa shape index (κ2) is 4.63. The summed E-state index contributed by atoms with van der Waals surface area (Å²) < 4.78 is 0. The molecule has 0 aliphatic carbocycles. The molecule has 0 saturated carbocycles. The fourth-order valence-corrected chi connectivity index (χ4v) is 2.30. The summed E-state index contributed by atoms with van der Waals surface area (Å²) in [6, 6.07) is 3.02. The molecule has 0 spiro atoms. The number of thiazole rings is 1. The molecule has 0 unspecified atom stereocenters. The topological polar surface area (TPSA) is 63.1 Å². The predicted octanol–water partition coefficient (Wildman–Crippen LogP) is 3.03. The van der Waals surface area contributed by atoms with Gasteiger partial charge in [0, 0.05) is 11.6 Å².